The molecule has 0 aliphatic heterocycles. The van der Waals surface area contributed by atoms with Crippen LogP contribution in [0.2, 0.25) is 0 Å². The molecule has 1 aromatic carbocycles. The van der Waals surface area contributed by atoms with Crippen LogP contribution in [0.5, 0.6) is 0 Å². The number of pyridine rings is 1. The number of hydrogen-bond acceptors (Lipinski definition) is 5. The zero-order valence-electron chi connectivity index (χ0n) is 11.8. The second-order valence-electron chi connectivity index (χ2n) is 5.55. The van der Waals surface area contributed by atoms with Crippen LogP contribution in [-0.2, 0) is 6.54 Å². The lowest BCUT2D eigenvalue weighted by Crippen LogP contribution is -2.22. The number of rotatable bonds is 4. The van der Waals surface area contributed by atoms with Crippen LogP contribution < -0.4 is 5.32 Å². The van der Waals surface area contributed by atoms with Gasteiger partial charge in [-0.2, -0.15) is 8.75 Å². The summed E-state index contributed by atoms with van der Waals surface area (Å²) in [5.41, 5.74) is 4.50. The van der Waals surface area contributed by atoms with Crippen LogP contribution in [0.3, 0.4) is 0 Å². The smallest absolute Gasteiger partial charge is 0.251 e. The van der Waals surface area contributed by atoms with Crippen molar-refractivity contribution in [1.29, 1.82) is 0 Å². The summed E-state index contributed by atoms with van der Waals surface area (Å²) in [6.45, 7) is 0.486. The van der Waals surface area contributed by atoms with Gasteiger partial charge in [-0.25, -0.2) is 0 Å². The Balaban J connectivity index is 1.46. The van der Waals surface area contributed by atoms with E-state index in [1.54, 1.807) is 18.3 Å². The second kappa shape index (κ2) is 5.46. The van der Waals surface area contributed by atoms with E-state index < -0.39 is 0 Å². The molecular weight excluding hydrogens is 296 g/mol. The molecule has 22 heavy (non-hydrogen) atoms. The molecule has 110 valence electrons. The van der Waals surface area contributed by atoms with Gasteiger partial charge < -0.3 is 5.32 Å². The second-order valence-corrected chi connectivity index (χ2v) is 6.08. The van der Waals surface area contributed by atoms with Gasteiger partial charge in [-0.15, -0.1) is 0 Å². The fourth-order valence-electron chi connectivity index (χ4n) is 2.45. The minimum Gasteiger partial charge on any atom is -0.348 e. The number of hydrogen-bond donors (Lipinski definition) is 1. The molecule has 1 aliphatic carbocycles. The van der Waals surface area contributed by atoms with Gasteiger partial charge in [0, 0.05) is 24.5 Å². The predicted octanol–water partition coefficient (Wildman–Crippen LogP) is 2.89. The Kier molecular flexibility index (Phi) is 3.31. The molecule has 2 aromatic heterocycles. The molecule has 4 rings (SSSR count). The van der Waals surface area contributed by atoms with Crippen molar-refractivity contribution in [2.45, 2.75) is 25.3 Å². The summed E-state index contributed by atoms with van der Waals surface area (Å²) in [4.78, 5) is 16.5. The van der Waals surface area contributed by atoms with Crippen LogP contribution in [0.1, 0.15) is 40.2 Å². The molecule has 1 aliphatic rings. The Bertz CT molecular complexity index is 841. The summed E-state index contributed by atoms with van der Waals surface area (Å²) in [6.07, 6.45) is 6.23. The van der Waals surface area contributed by atoms with E-state index >= 15 is 0 Å². The number of carbonyl (C=O) groups is 1. The summed E-state index contributed by atoms with van der Waals surface area (Å²) in [6, 6.07) is 7.51. The number of nitrogens with zero attached hydrogens (tertiary/aromatic N) is 3. The van der Waals surface area contributed by atoms with E-state index in [1.165, 1.54) is 18.4 Å². The number of fused-ring (bicyclic) bond motifs is 1. The minimum atomic E-state index is -0.105. The lowest BCUT2D eigenvalue weighted by Gasteiger charge is -2.06. The Morgan fingerprint density at radius 2 is 2.05 bits per heavy atom. The first kappa shape index (κ1) is 13.3. The van der Waals surface area contributed by atoms with Crippen LogP contribution in [0.4, 0.5) is 0 Å². The van der Waals surface area contributed by atoms with Crippen LogP contribution in [0, 0.1) is 0 Å². The third-order valence-electron chi connectivity index (χ3n) is 3.83. The largest absolute Gasteiger partial charge is 0.348 e. The normalized spacial score (nSPS) is 14.2. The first-order valence-electron chi connectivity index (χ1n) is 7.24. The van der Waals surface area contributed by atoms with Crippen LogP contribution in [0.25, 0.3) is 11.0 Å². The molecule has 0 bridgehead atoms. The molecule has 5 nitrogen and oxygen atoms in total. The Hall–Kier alpha value is -2.34. The molecule has 0 unspecified atom stereocenters. The van der Waals surface area contributed by atoms with Gasteiger partial charge in [-0.3, -0.25) is 9.78 Å². The molecule has 0 radical (unpaired) electrons. The lowest BCUT2D eigenvalue weighted by atomic mass is 10.1. The van der Waals surface area contributed by atoms with Crippen molar-refractivity contribution in [3.63, 3.8) is 0 Å². The zero-order valence-corrected chi connectivity index (χ0v) is 12.6. The third-order valence-corrected chi connectivity index (χ3v) is 4.39. The van der Waals surface area contributed by atoms with Gasteiger partial charge in [0.15, 0.2) is 0 Å². The molecule has 0 saturated heterocycles. The average molecular weight is 310 g/mol. The van der Waals surface area contributed by atoms with Crippen molar-refractivity contribution in [1.82, 2.24) is 19.0 Å². The van der Waals surface area contributed by atoms with Gasteiger partial charge in [0.2, 0.25) is 0 Å². The predicted molar refractivity (Wildman–Crippen MR) is 84.8 cm³/mol. The topological polar surface area (TPSA) is 67.8 Å². The lowest BCUT2D eigenvalue weighted by molar-refractivity contribution is 0.0951. The standard InChI is InChI=1S/C16H14N4OS/c21-16(12-3-4-14-15(6-12)20-22-19-14)18-8-10-5-13(9-17-7-10)11-1-2-11/h3-7,9,11H,1-2,8H2,(H,18,21). The van der Waals surface area contributed by atoms with Crippen LogP contribution in [-0.4, -0.2) is 19.6 Å². The first-order chi connectivity index (χ1) is 10.8. The highest BCUT2D eigenvalue weighted by atomic mass is 32.1. The highest BCUT2D eigenvalue weighted by molar-refractivity contribution is 7.00. The van der Waals surface area contributed by atoms with Crippen molar-refractivity contribution in [3.05, 3.63) is 53.3 Å². The summed E-state index contributed by atoms with van der Waals surface area (Å²) >= 11 is 1.15. The molecule has 1 fully saturated rings. The Morgan fingerprint density at radius 1 is 1.18 bits per heavy atom. The maximum atomic E-state index is 12.2. The van der Waals surface area contributed by atoms with E-state index in [1.807, 2.05) is 12.3 Å². The van der Waals surface area contributed by atoms with Gasteiger partial charge in [-0.1, -0.05) is 6.07 Å². The zero-order chi connectivity index (χ0) is 14.9. The van der Waals surface area contributed by atoms with Crippen molar-refractivity contribution in [2.75, 3.05) is 0 Å². The molecule has 1 saturated carbocycles. The van der Waals surface area contributed by atoms with Crippen molar-refractivity contribution >= 4 is 28.7 Å². The first-order valence-corrected chi connectivity index (χ1v) is 7.97. The van der Waals surface area contributed by atoms with E-state index in [9.17, 15) is 4.79 Å². The maximum absolute atomic E-state index is 12.2. The van der Waals surface area contributed by atoms with Gasteiger partial charge in [-0.05, 0) is 48.1 Å². The van der Waals surface area contributed by atoms with E-state index in [2.05, 4.69) is 25.1 Å². The quantitative estimate of drug-likeness (QED) is 0.804. The molecule has 2 heterocycles. The summed E-state index contributed by atoms with van der Waals surface area (Å²) < 4.78 is 8.29. The maximum Gasteiger partial charge on any atom is 0.251 e. The Morgan fingerprint density at radius 3 is 2.91 bits per heavy atom. The summed E-state index contributed by atoms with van der Waals surface area (Å²) in [5, 5.41) is 2.93. The van der Waals surface area contributed by atoms with Crippen LogP contribution in [0.15, 0.2) is 36.7 Å². The van der Waals surface area contributed by atoms with Gasteiger partial charge in [0.05, 0.1) is 11.7 Å². The van der Waals surface area contributed by atoms with E-state index in [4.69, 9.17) is 0 Å². The third kappa shape index (κ3) is 2.69. The van der Waals surface area contributed by atoms with Crippen molar-refractivity contribution < 1.29 is 4.79 Å². The molecule has 0 spiro atoms. The fourth-order valence-corrected chi connectivity index (χ4v) is 2.97. The van der Waals surface area contributed by atoms with Crippen molar-refractivity contribution in [3.8, 4) is 0 Å². The number of aromatic nitrogens is 3. The molecule has 3 aromatic rings. The van der Waals surface area contributed by atoms with Gasteiger partial charge in [0.1, 0.15) is 11.0 Å². The molecule has 6 heteroatoms. The number of carbonyl (C=O) groups excluding carboxylic acids is 1. The summed E-state index contributed by atoms with van der Waals surface area (Å²) in [7, 11) is 0. The van der Waals surface area contributed by atoms with Crippen LogP contribution >= 0.6 is 11.7 Å². The van der Waals surface area contributed by atoms with Gasteiger partial charge >= 0.3 is 0 Å². The molecule has 1 N–H and O–H groups in total. The monoisotopic (exact) mass is 310 g/mol. The number of nitrogens with one attached hydrogen (secondary N) is 1. The SMILES string of the molecule is O=C(NCc1cncc(C2CC2)c1)c1ccc2nsnc2c1. The molecular formula is C16H14N4OS. The average Bonchev–Trinajstić information content (AvgIpc) is 3.30. The van der Waals surface area contributed by atoms with E-state index in [0.717, 1.165) is 28.3 Å². The molecule has 0 atom stereocenters. The van der Waals surface area contributed by atoms with E-state index in [0.29, 0.717) is 18.0 Å². The Labute approximate surface area is 131 Å². The fraction of sp³-hybridized carbons (Fsp3) is 0.250. The van der Waals surface area contributed by atoms with E-state index in [-0.39, 0.29) is 5.91 Å². The van der Waals surface area contributed by atoms with Crippen molar-refractivity contribution in [2.24, 2.45) is 0 Å². The summed E-state index contributed by atoms with van der Waals surface area (Å²) in [5.74, 6) is 0.564. The number of benzene rings is 1. The highest BCUT2D eigenvalue weighted by Gasteiger charge is 2.23. The number of amides is 1. The highest BCUT2D eigenvalue weighted by Crippen LogP contribution is 2.39. The van der Waals surface area contributed by atoms with Gasteiger partial charge in [0.25, 0.3) is 5.91 Å². The molecule has 1 amide bonds. The minimum absolute atomic E-state index is 0.105.